The van der Waals surface area contributed by atoms with Crippen molar-refractivity contribution in [1.82, 2.24) is 15.5 Å². The minimum atomic E-state index is -0.708. The van der Waals surface area contributed by atoms with E-state index in [9.17, 15) is 14.4 Å². The molecule has 2 heterocycles. The third-order valence-electron chi connectivity index (χ3n) is 4.97. The summed E-state index contributed by atoms with van der Waals surface area (Å²) >= 11 is 0. The molecule has 0 unspecified atom stereocenters. The minimum absolute atomic E-state index is 0.0164. The standard InChI is InChI=1S/C19H26N4O4/c1-3-13(4-2)21-18(25)16-11-22(14-7-5-6-8-15(14)27-16)12-17(24)23-10-9-20-19(23)26/h5-8,13,16H,3-4,9-12H2,1-2H3,(H,20,26)(H,21,25)/t16-/m0/s1. The lowest BCUT2D eigenvalue weighted by atomic mass is 10.1. The van der Waals surface area contributed by atoms with E-state index in [1.165, 1.54) is 4.90 Å². The van der Waals surface area contributed by atoms with Crippen molar-refractivity contribution in [2.45, 2.75) is 38.8 Å². The van der Waals surface area contributed by atoms with Crippen molar-refractivity contribution in [3.05, 3.63) is 24.3 Å². The number of para-hydroxylation sites is 2. The second-order valence-corrected chi connectivity index (χ2v) is 6.75. The van der Waals surface area contributed by atoms with Crippen LogP contribution in [-0.2, 0) is 9.59 Å². The van der Waals surface area contributed by atoms with Gasteiger partial charge in [-0.15, -0.1) is 0 Å². The monoisotopic (exact) mass is 374 g/mol. The number of fused-ring (bicyclic) bond motifs is 1. The summed E-state index contributed by atoms with van der Waals surface area (Å²) in [5, 5.41) is 5.63. The van der Waals surface area contributed by atoms with Crippen molar-refractivity contribution in [3.8, 4) is 5.75 Å². The van der Waals surface area contributed by atoms with Gasteiger partial charge in [0.1, 0.15) is 5.75 Å². The van der Waals surface area contributed by atoms with E-state index in [1.54, 1.807) is 6.07 Å². The Hall–Kier alpha value is -2.77. The van der Waals surface area contributed by atoms with Crippen LogP contribution in [0.25, 0.3) is 0 Å². The first-order chi connectivity index (χ1) is 13.0. The molecule has 0 radical (unpaired) electrons. The molecule has 1 atom stereocenters. The number of hydrogen-bond acceptors (Lipinski definition) is 5. The lowest BCUT2D eigenvalue weighted by Crippen LogP contribution is -2.53. The molecule has 2 aliphatic heterocycles. The molecule has 1 saturated heterocycles. The van der Waals surface area contributed by atoms with Gasteiger partial charge in [-0.3, -0.25) is 14.5 Å². The number of nitrogens with one attached hydrogen (secondary N) is 2. The van der Waals surface area contributed by atoms with E-state index < -0.39 is 6.10 Å². The van der Waals surface area contributed by atoms with E-state index >= 15 is 0 Å². The van der Waals surface area contributed by atoms with Crippen LogP contribution in [0.2, 0.25) is 0 Å². The number of nitrogens with zero attached hydrogens (tertiary/aromatic N) is 2. The third-order valence-corrected chi connectivity index (χ3v) is 4.97. The molecule has 0 spiro atoms. The Morgan fingerprint density at radius 3 is 2.70 bits per heavy atom. The van der Waals surface area contributed by atoms with Crippen molar-refractivity contribution >= 4 is 23.5 Å². The van der Waals surface area contributed by atoms with Crippen molar-refractivity contribution in [3.63, 3.8) is 0 Å². The number of anilines is 1. The van der Waals surface area contributed by atoms with E-state index in [1.807, 2.05) is 36.9 Å². The van der Waals surface area contributed by atoms with Crippen LogP contribution in [0.5, 0.6) is 5.75 Å². The van der Waals surface area contributed by atoms with E-state index in [0.717, 1.165) is 18.5 Å². The lowest BCUT2D eigenvalue weighted by Gasteiger charge is -2.36. The second kappa shape index (κ2) is 8.28. The van der Waals surface area contributed by atoms with Crippen LogP contribution in [-0.4, -0.2) is 61.1 Å². The second-order valence-electron chi connectivity index (χ2n) is 6.75. The zero-order valence-electron chi connectivity index (χ0n) is 15.7. The Morgan fingerprint density at radius 1 is 1.30 bits per heavy atom. The van der Waals surface area contributed by atoms with Crippen molar-refractivity contribution in [2.75, 3.05) is 31.1 Å². The molecule has 3 rings (SSSR count). The molecular formula is C19H26N4O4. The van der Waals surface area contributed by atoms with Gasteiger partial charge in [-0.25, -0.2) is 4.79 Å². The van der Waals surface area contributed by atoms with E-state index in [0.29, 0.717) is 18.8 Å². The molecule has 1 fully saturated rings. The highest BCUT2D eigenvalue weighted by molar-refractivity contribution is 5.98. The Morgan fingerprint density at radius 2 is 2.04 bits per heavy atom. The van der Waals surface area contributed by atoms with Crippen LogP contribution in [0, 0.1) is 0 Å². The number of amides is 4. The minimum Gasteiger partial charge on any atom is -0.477 e. The molecule has 0 bridgehead atoms. The van der Waals surface area contributed by atoms with Gasteiger partial charge in [-0.2, -0.15) is 0 Å². The third kappa shape index (κ3) is 4.15. The van der Waals surface area contributed by atoms with Crippen molar-refractivity contribution < 1.29 is 19.1 Å². The van der Waals surface area contributed by atoms with Gasteiger partial charge in [0, 0.05) is 19.1 Å². The number of benzene rings is 1. The maximum absolute atomic E-state index is 12.7. The summed E-state index contributed by atoms with van der Waals surface area (Å²) in [6.07, 6.45) is 0.982. The summed E-state index contributed by atoms with van der Waals surface area (Å²) < 4.78 is 5.88. The number of rotatable bonds is 6. The van der Waals surface area contributed by atoms with E-state index in [4.69, 9.17) is 4.74 Å². The van der Waals surface area contributed by atoms with E-state index in [-0.39, 0.29) is 37.0 Å². The van der Waals surface area contributed by atoms with Crippen LogP contribution in [0.15, 0.2) is 24.3 Å². The molecule has 0 aliphatic carbocycles. The summed E-state index contributed by atoms with van der Waals surface area (Å²) in [4.78, 5) is 40.0. The first-order valence-electron chi connectivity index (χ1n) is 9.42. The fraction of sp³-hybridized carbons (Fsp3) is 0.526. The zero-order valence-corrected chi connectivity index (χ0v) is 15.7. The molecule has 27 heavy (non-hydrogen) atoms. The van der Waals surface area contributed by atoms with Gasteiger partial charge in [0.2, 0.25) is 5.91 Å². The fourth-order valence-corrected chi connectivity index (χ4v) is 3.34. The summed E-state index contributed by atoms with van der Waals surface area (Å²) in [5.41, 5.74) is 0.747. The Balaban J connectivity index is 1.75. The number of ether oxygens (including phenoxy) is 1. The number of hydrogen-bond donors (Lipinski definition) is 2. The SMILES string of the molecule is CCC(CC)NC(=O)[C@@H]1CN(CC(=O)N2CCNC2=O)c2ccccc2O1. The molecule has 2 N–H and O–H groups in total. The van der Waals surface area contributed by atoms with Gasteiger partial charge in [0.05, 0.1) is 18.8 Å². The summed E-state index contributed by atoms with van der Waals surface area (Å²) in [7, 11) is 0. The predicted octanol–water partition coefficient (Wildman–Crippen LogP) is 1.11. The van der Waals surface area contributed by atoms with Crippen LogP contribution >= 0.6 is 0 Å². The Labute approximate surface area is 158 Å². The Bertz CT molecular complexity index is 719. The highest BCUT2D eigenvalue weighted by Crippen LogP contribution is 2.33. The van der Waals surface area contributed by atoms with Gasteiger partial charge in [-0.05, 0) is 25.0 Å². The van der Waals surface area contributed by atoms with Gasteiger partial charge in [0.25, 0.3) is 5.91 Å². The maximum Gasteiger partial charge on any atom is 0.324 e. The molecule has 0 saturated carbocycles. The summed E-state index contributed by atoms with van der Waals surface area (Å²) in [6.45, 7) is 5.15. The summed E-state index contributed by atoms with van der Waals surface area (Å²) in [6, 6.07) is 7.04. The predicted molar refractivity (Wildman–Crippen MR) is 101 cm³/mol. The molecule has 1 aromatic rings. The van der Waals surface area contributed by atoms with Crippen LogP contribution in [0.4, 0.5) is 10.5 Å². The normalized spacial score (nSPS) is 18.8. The van der Waals surface area contributed by atoms with Crippen molar-refractivity contribution in [1.29, 1.82) is 0 Å². The molecule has 8 nitrogen and oxygen atoms in total. The molecule has 4 amide bonds. The van der Waals surface area contributed by atoms with E-state index in [2.05, 4.69) is 10.6 Å². The fourth-order valence-electron chi connectivity index (χ4n) is 3.34. The molecule has 1 aromatic carbocycles. The average Bonchev–Trinajstić information content (AvgIpc) is 3.11. The maximum atomic E-state index is 12.7. The smallest absolute Gasteiger partial charge is 0.324 e. The molecule has 146 valence electrons. The van der Waals surface area contributed by atoms with Crippen LogP contribution < -0.4 is 20.3 Å². The first-order valence-corrected chi connectivity index (χ1v) is 9.42. The largest absolute Gasteiger partial charge is 0.477 e. The topological polar surface area (TPSA) is 91.0 Å². The van der Waals surface area contributed by atoms with Gasteiger partial charge >= 0.3 is 6.03 Å². The number of carbonyl (C=O) groups excluding carboxylic acids is 3. The molecule has 0 aromatic heterocycles. The number of imide groups is 1. The highest BCUT2D eigenvalue weighted by atomic mass is 16.5. The Kier molecular flexibility index (Phi) is 5.83. The molecular weight excluding hydrogens is 348 g/mol. The van der Waals surface area contributed by atoms with Crippen LogP contribution in [0.3, 0.4) is 0 Å². The quantitative estimate of drug-likeness (QED) is 0.778. The van der Waals surface area contributed by atoms with Gasteiger partial charge < -0.3 is 20.3 Å². The van der Waals surface area contributed by atoms with Crippen LogP contribution in [0.1, 0.15) is 26.7 Å². The average molecular weight is 374 g/mol. The molecule has 2 aliphatic rings. The molecule has 8 heteroatoms. The van der Waals surface area contributed by atoms with Gasteiger partial charge in [-0.1, -0.05) is 26.0 Å². The van der Waals surface area contributed by atoms with Gasteiger partial charge in [0.15, 0.2) is 6.10 Å². The number of carbonyl (C=O) groups is 3. The zero-order chi connectivity index (χ0) is 19.4. The number of urea groups is 1. The van der Waals surface area contributed by atoms with Crippen molar-refractivity contribution in [2.24, 2.45) is 0 Å². The highest BCUT2D eigenvalue weighted by Gasteiger charge is 2.34. The summed E-state index contributed by atoms with van der Waals surface area (Å²) in [5.74, 6) is 0.0857. The first kappa shape index (κ1) is 19.0. The lowest BCUT2D eigenvalue weighted by molar-refractivity contribution is -0.130.